The Bertz CT molecular complexity index is 1150. The highest BCUT2D eigenvalue weighted by Crippen LogP contribution is 2.22. The molecule has 0 aliphatic carbocycles. The molecule has 7 nitrogen and oxygen atoms in total. The Morgan fingerprint density at radius 3 is 2.29 bits per heavy atom. The molecule has 3 aromatic carbocycles. The molecule has 0 bridgehead atoms. The van der Waals surface area contributed by atoms with Crippen molar-refractivity contribution in [3.8, 4) is 11.8 Å². The molecule has 0 aromatic heterocycles. The zero-order chi connectivity index (χ0) is 22.2. The summed E-state index contributed by atoms with van der Waals surface area (Å²) in [6.45, 7) is -0.163. The van der Waals surface area contributed by atoms with Crippen LogP contribution in [-0.4, -0.2) is 17.4 Å². The van der Waals surface area contributed by atoms with Crippen molar-refractivity contribution >= 4 is 40.5 Å². The molecule has 0 fully saturated rings. The monoisotopic (exact) mass is 433 g/mol. The molecule has 0 radical (unpaired) electrons. The van der Waals surface area contributed by atoms with Crippen molar-refractivity contribution in [1.82, 2.24) is 0 Å². The molecule has 0 saturated carbocycles. The topological polar surface area (TPSA) is 105 Å². The number of nitrogens with one attached hydrogen (secondary N) is 1. The quantitative estimate of drug-likeness (QED) is 0.234. The molecule has 3 aromatic rings. The summed E-state index contributed by atoms with van der Waals surface area (Å²) in [5, 5.41) is 23.5. The molecule has 31 heavy (non-hydrogen) atoms. The summed E-state index contributed by atoms with van der Waals surface area (Å²) in [4.78, 5) is 22.3. The molecular weight excluding hydrogens is 418 g/mol. The maximum absolute atomic E-state index is 12.0. The predicted octanol–water partition coefficient (Wildman–Crippen LogP) is 5.33. The smallest absolute Gasteiger partial charge is 0.269 e. The predicted molar refractivity (Wildman–Crippen MR) is 119 cm³/mol. The van der Waals surface area contributed by atoms with Gasteiger partial charge in [-0.3, -0.25) is 14.9 Å². The van der Waals surface area contributed by atoms with E-state index in [1.54, 1.807) is 54.6 Å². The fourth-order valence-corrected chi connectivity index (χ4v) is 2.77. The molecule has 3 rings (SSSR count). The molecule has 0 atom stereocenters. The first kappa shape index (κ1) is 21.6. The van der Waals surface area contributed by atoms with Crippen molar-refractivity contribution in [2.75, 3.05) is 11.9 Å². The number of hydrogen-bond acceptors (Lipinski definition) is 5. The Hall–Kier alpha value is -4.15. The van der Waals surface area contributed by atoms with Crippen LogP contribution in [0.5, 0.6) is 5.75 Å². The van der Waals surface area contributed by atoms with Crippen LogP contribution in [0.2, 0.25) is 5.02 Å². The average molecular weight is 434 g/mol. The van der Waals surface area contributed by atoms with Crippen molar-refractivity contribution < 1.29 is 14.5 Å². The van der Waals surface area contributed by atoms with Crippen LogP contribution >= 0.6 is 11.6 Å². The summed E-state index contributed by atoms with van der Waals surface area (Å²) in [5.41, 5.74) is 2.27. The number of hydrogen-bond donors (Lipinski definition) is 1. The van der Waals surface area contributed by atoms with Crippen molar-refractivity contribution in [3.05, 3.63) is 99.1 Å². The van der Waals surface area contributed by atoms with E-state index < -0.39 is 4.92 Å². The Labute approximate surface area is 183 Å². The lowest BCUT2D eigenvalue weighted by Crippen LogP contribution is -2.20. The van der Waals surface area contributed by atoms with Gasteiger partial charge in [0.2, 0.25) is 0 Å². The minimum atomic E-state index is -0.492. The molecular formula is C23H16ClN3O4. The summed E-state index contributed by atoms with van der Waals surface area (Å²) in [5.74, 6) is 0.188. The van der Waals surface area contributed by atoms with Crippen molar-refractivity contribution in [2.24, 2.45) is 0 Å². The van der Waals surface area contributed by atoms with Gasteiger partial charge in [-0.1, -0.05) is 23.7 Å². The molecule has 154 valence electrons. The van der Waals surface area contributed by atoms with E-state index in [0.717, 1.165) is 5.56 Å². The first-order valence-electron chi connectivity index (χ1n) is 9.09. The molecule has 0 unspecified atom stereocenters. The number of allylic oxidation sites excluding steroid dienone is 1. The Morgan fingerprint density at radius 2 is 1.71 bits per heavy atom. The lowest BCUT2D eigenvalue weighted by Gasteiger charge is -2.08. The number of non-ortho nitro benzene ring substituents is 1. The lowest BCUT2D eigenvalue weighted by molar-refractivity contribution is -0.384. The lowest BCUT2D eigenvalue weighted by atomic mass is 10.0. The zero-order valence-electron chi connectivity index (χ0n) is 16.1. The van der Waals surface area contributed by atoms with Crippen LogP contribution in [0.25, 0.3) is 11.6 Å². The van der Waals surface area contributed by atoms with Gasteiger partial charge in [0, 0.05) is 22.8 Å². The third-order valence-electron chi connectivity index (χ3n) is 4.20. The van der Waals surface area contributed by atoms with E-state index in [1.165, 1.54) is 24.3 Å². The van der Waals surface area contributed by atoms with Gasteiger partial charge >= 0.3 is 0 Å². The number of anilines is 1. The van der Waals surface area contributed by atoms with Crippen LogP contribution in [0.15, 0.2) is 72.8 Å². The van der Waals surface area contributed by atoms with Gasteiger partial charge in [0.1, 0.15) is 5.75 Å². The van der Waals surface area contributed by atoms with E-state index in [2.05, 4.69) is 11.4 Å². The standard InChI is InChI=1S/C23H16ClN3O4/c24-19-5-7-20(8-6-19)26-23(28)15-31-22-11-1-16(2-12-22)13-18(14-25)17-3-9-21(10-4-17)27(29)30/h1-13H,15H2,(H,26,28)/b18-13+. The number of halogens is 1. The number of nitrogens with zero attached hydrogens (tertiary/aromatic N) is 2. The van der Waals surface area contributed by atoms with Gasteiger partial charge in [-0.2, -0.15) is 5.26 Å². The fourth-order valence-electron chi connectivity index (χ4n) is 2.65. The van der Waals surface area contributed by atoms with Crippen molar-refractivity contribution in [2.45, 2.75) is 0 Å². The zero-order valence-corrected chi connectivity index (χ0v) is 16.9. The Kier molecular flexibility index (Phi) is 6.99. The van der Waals surface area contributed by atoms with Crippen LogP contribution < -0.4 is 10.1 Å². The minimum absolute atomic E-state index is 0.0392. The summed E-state index contributed by atoms with van der Waals surface area (Å²) >= 11 is 5.81. The Morgan fingerprint density at radius 1 is 1.06 bits per heavy atom. The summed E-state index contributed by atoms with van der Waals surface area (Å²) in [6.07, 6.45) is 1.66. The molecule has 1 N–H and O–H groups in total. The number of carbonyl (C=O) groups excluding carboxylic acids is 1. The third kappa shape index (κ3) is 6.16. The van der Waals surface area contributed by atoms with E-state index >= 15 is 0 Å². The van der Waals surface area contributed by atoms with Crippen LogP contribution in [0.1, 0.15) is 11.1 Å². The number of rotatable bonds is 7. The van der Waals surface area contributed by atoms with E-state index in [-0.39, 0.29) is 18.2 Å². The molecule has 0 heterocycles. The van der Waals surface area contributed by atoms with Crippen LogP contribution in [0, 0.1) is 21.4 Å². The molecule has 0 spiro atoms. The number of nitriles is 1. The highest BCUT2D eigenvalue weighted by molar-refractivity contribution is 6.30. The number of amides is 1. The number of benzene rings is 3. The second-order valence-electron chi connectivity index (χ2n) is 6.39. The highest BCUT2D eigenvalue weighted by atomic mass is 35.5. The van der Waals surface area contributed by atoms with Gasteiger partial charge in [0.05, 0.1) is 16.6 Å². The molecule has 8 heteroatoms. The van der Waals surface area contributed by atoms with Gasteiger partial charge in [0.15, 0.2) is 6.61 Å². The fraction of sp³-hybridized carbons (Fsp3) is 0.0435. The summed E-state index contributed by atoms with van der Waals surface area (Å²) in [6, 6.07) is 21.5. The van der Waals surface area contributed by atoms with Gasteiger partial charge in [0.25, 0.3) is 11.6 Å². The molecule has 0 aliphatic rings. The van der Waals surface area contributed by atoms with Crippen LogP contribution in [0.4, 0.5) is 11.4 Å². The van der Waals surface area contributed by atoms with Crippen LogP contribution in [0.3, 0.4) is 0 Å². The van der Waals surface area contributed by atoms with E-state index in [9.17, 15) is 20.2 Å². The first-order chi connectivity index (χ1) is 14.9. The van der Waals surface area contributed by atoms with Crippen molar-refractivity contribution in [3.63, 3.8) is 0 Å². The summed E-state index contributed by atoms with van der Waals surface area (Å²) in [7, 11) is 0. The minimum Gasteiger partial charge on any atom is -0.484 e. The normalized spacial score (nSPS) is 10.8. The van der Waals surface area contributed by atoms with E-state index in [0.29, 0.717) is 27.6 Å². The molecule has 0 saturated heterocycles. The SMILES string of the molecule is N#C/C(=C\c1ccc(OCC(=O)Nc2ccc(Cl)cc2)cc1)c1ccc([N+](=O)[O-])cc1. The molecule has 1 amide bonds. The first-order valence-corrected chi connectivity index (χ1v) is 9.47. The van der Waals surface area contributed by atoms with Gasteiger partial charge in [-0.05, 0) is 65.7 Å². The number of nitro benzene ring substituents is 1. The Balaban J connectivity index is 1.60. The largest absolute Gasteiger partial charge is 0.484 e. The van der Waals surface area contributed by atoms with Gasteiger partial charge in [-0.15, -0.1) is 0 Å². The highest BCUT2D eigenvalue weighted by Gasteiger charge is 2.07. The number of ether oxygens (including phenoxy) is 1. The third-order valence-corrected chi connectivity index (χ3v) is 4.45. The second-order valence-corrected chi connectivity index (χ2v) is 6.82. The van der Waals surface area contributed by atoms with Gasteiger partial charge in [-0.25, -0.2) is 0 Å². The number of carbonyl (C=O) groups is 1. The van der Waals surface area contributed by atoms with E-state index in [4.69, 9.17) is 16.3 Å². The van der Waals surface area contributed by atoms with E-state index in [1.807, 2.05) is 0 Å². The number of nitro groups is 1. The maximum Gasteiger partial charge on any atom is 0.269 e. The summed E-state index contributed by atoms with van der Waals surface area (Å²) < 4.78 is 5.48. The van der Waals surface area contributed by atoms with Gasteiger partial charge < -0.3 is 10.1 Å². The maximum atomic E-state index is 12.0. The average Bonchev–Trinajstić information content (AvgIpc) is 2.78. The van der Waals surface area contributed by atoms with Crippen LogP contribution in [-0.2, 0) is 4.79 Å². The van der Waals surface area contributed by atoms with Crippen molar-refractivity contribution in [1.29, 1.82) is 5.26 Å². The second kappa shape index (κ2) is 10.1. The molecule has 0 aliphatic heterocycles.